The smallest absolute Gasteiger partial charge is 0.247 e. The average Bonchev–Trinajstić information content (AvgIpc) is 2.60. The van der Waals surface area contributed by atoms with Crippen molar-refractivity contribution in [3.8, 4) is 0 Å². The molecule has 5 heteroatoms. The average molecular weight is 356 g/mol. The molecule has 2 rings (SSSR count). The molecule has 2 atom stereocenters. The lowest BCUT2D eigenvalue weighted by molar-refractivity contribution is -0.181. The number of anilines is 1. The molecule has 0 radical (unpaired) electrons. The van der Waals surface area contributed by atoms with Crippen LogP contribution in [0.5, 0.6) is 0 Å². The number of aliphatic hydroxyl groups is 1. The number of amides is 1. The van der Waals surface area contributed by atoms with Gasteiger partial charge in [-0.15, -0.1) is 0 Å². The monoisotopic (exact) mass is 356 g/mol. The summed E-state index contributed by atoms with van der Waals surface area (Å²) in [6.45, 7) is 5.80. The van der Waals surface area contributed by atoms with E-state index >= 15 is 0 Å². The van der Waals surface area contributed by atoms with Crippen LogP contribution >= 0.6 is 0 Å². The molecule has 0 spiro atoms. The van der Waals surface area contributed by atoms with Crippen LogP contribution in [0.3, 0.4) is 0 Å². The van der Waals surface area contributed by atoms with E-state index in [2.05, 4.69) is 20.8 Å². The maximum Gasteiger partial charge on any atom is 0.247 e. The number of nitrogen functional groups attached to an aromatic ring is 1. The van der Waals surface area contributed by atoms with E-state index in [1.165, 1.54) is 0 Å². The number of nitrogens with two attached hydrogens (primary N) is 1. The molecule has 0 aliphatic carbocycles. The maximum absolute atomic E-state index is 12.8. The predicted molar refractivity (Wildman–Crippen MR) is 103 cm³/mol. The van der Waals surface area contributed by atoms with Crippen LogP contribution in [0.25, 0.3) is 0 Å². The molecular formula is C21H28N2O3. The number of benzene rings is 2. The summed E-state index contributed by atoms with van der Waals surface area (Å²) in [4.78, 5) is 12.8. The molecule has 0 unspecified atom stereocenters. The molecule has 0 saturated carbocycles. The van der Waals surface area contributed by atoms with Crippen LogP contribution in [0.2, 0.25) is 0 Å². The molecule has 0 heterocycles. The molecule has 0 bridgehead atoms. The Kier molecular flexibility index (Phi) is 6.40. The van der Waals surface area contributed by atoms with Gasteiger partial charge >= 0.3 is 0 Å². The Morgan fingerprint density at radius 3 is 2.23 bits per heavy atom. The highest BCUT2D eigenvalue weighted by atomic mass is 16.5. The molecule has 0 saturated heterocycles. The quantitative estimate of drug-likeness (QED) is 0.418. The third kappa shape index (κ3) is 4.84. The summed E-state index contributed by atoms with van der Waals surface area (Å²) in [7, 11) is 0. The summed E-state index contributed by atoms with van der Waals surface area (Å²) in [5.41, 5.74) is 7.98. The lowest BCUT2D eigenvalue weighted by atomic mass is 9.74. The molecule has 2 aromatic rings. The Balaban J connectivity index is 2.23. The third-order valence-electron chi connectivity index (χ3n) is 4.65. The number of nitrogens with zero attached hydrogens (tertiary/aromatic N) is 1. The minimum atomic E-state index is -0.787. The molecule has 4 N–H and O–H groups in total. The van der Waals surface area contributed by atoms with Crippen LogP contribution in [0.15, 0.2) is 54.6 Å². The Bertz CT molecular complexity index is 726. The van der Waals surface area contributed by atoms with Crippen molar-refractivity contribution in [3.05, 3.63) is 65.7 Å². The number of carbonyl (C=O) groups excluding carboxylic acids is 1. The van der Waals surface area contributed by atoms with Crippen LogP contribution in [-0.2, 0) is 4.79 Å². The predicted octanol–water partition coefficient (Wildman–Crippen LogP) is 3.74. The van der Waals surface area contributed by atoms with Crippen molar-refractivity contribution in [1.29, 1.82) is 0 Å². The standard InChI is InChI=1S/C21H28N2O3/c1-21(2,3)18(16-10-7-11-17(22)12-16)13-20(25)23(26)19(14-24)15-8-5-4-6-9-15/h4-12,18-19,24,26H,13-14,22H2,1-3H3/t18-,19-/m1/s1. The Morgan fingerprint density at radius 1 is 1.08 bits per heavy atom. The fourth-order valence-corrected chi connectivity index (χ4v) is 3.14. The number of hydroxylamine groups is 2. The van der Waals surface area contributed by atoms with E-state index < -0.39 is 11.9 Å². The van der Waals surface area contributed by atoms with E-state index in [1.807, 2.05) is 24.3 Å². The maximum atomic E-state index is 12.8. The molecule has 0 aromatic heterocycles. The van der Waals surface area contributed by atoms with Crippen molar-refractivity contribution < 1.29 is 15.1 Å². The van der Waals surface area contributed by atoms with Gasteiger partial charge in [-0.1, -0.05) is 63.2 Å². The molecule has 26 heavy (non-hydrogen) atoms. The highest BCUT2D eigenvalue weighted by molar-refractivity contribution is 5.76. The van der Waals surface area contributed by atoms with E-state index in [0.717, 1.165) is 5.56 Å². The number of rotatable bonds is 6. The largest absolute Gasteiger partial charge is 0.399 e. The van der Waals surface area contributed by atoms with Gasteiger partial charge in [0.15, 0.2) is 0 Å². The zero-order chi connectivity index (χ0) is 19.3. The van der Waals surface area contributed by atoms with Gasteiger partial charge in [0.05, 0.1) is 6.61 Å². The highest BCUT2D eigenvalue weighted by Crippen LogP contribution is 2.39. The van der Waals surface area contributed by atoms with Crippen molar-refractivity contribution in [2.24, 2.45) is 5.41 Å². The van der Waals surface area contributed by atoms with Crippen LogP contribution in [0, 0.1) is 5.41 Å². The Hall–Kier alpha value is -2.37. The number of hydrogen-bond acceptors (Lipinski definition) is 4. The minimum Gasteiger partial charge on any atom is -0.399 e. The van der Waals surface area contributed by atoms with Crippen LogP contribution in [-0.4, -0.2) is 27.9 Å². The van der Waals surface area contributed by atoms with Crippen molar-refractivity contribution >= 4 is 11.6 Å². The molecular weight excluding hydrogens is 328 g/mol. The van der Waals surface area contributed by atoms with Crippen LogP contribution in [0.4, 0.5) is 5.69 Å². The number of aliphatic hydroxyl groups excluding tert-OH is 1. The second-order valence-corrected chi connectivity index (χ2v) is 7.64. The first-order valence-electron chi connectivity index (χ1n) is 8.76. The van der Waals surface area contributed by atoms with Crippen molar-refractivity contribution in [3.63, 3.8) is 0 Å². The van der Waals surface area contributed by atoms with Crippen molar-refractivity contribution in [1.82, 2.24) is 5.06 Å². The van der Waals surface area contributed by atoms with Crippen LogP contribution in [0.1, 0.15) is 50.3 Å². The molecule has 0 aliphatic heterocycles. The SMILES string of the molecule is CC(C)(C)[C@H](CC(=O)N(O)[C@H](CO)c1ccccc1)c1cccc(N)c1. The molecule has 2 aromatic carbocycles. The topological polar surface area (TPSA) is 86.8 Å². The molecule has 140 valence electrons. The summed E-state index contributed by atoms with van der Waals surface area (Å²) >= 11 is 0. The van der Waals surface area contributed by atoms with Gasteiger partial charge in [-0.2, -0.15) is 0 Å². The number of carbonyl (C=O) groups is 1. The lowest BCUT2D eigenvalue weighted by Crippen LogP contribution is -2.36. The zero-order valence-electron chi connectivity index (χ0n) is 15.6. The summed E-state index contributed by atoms with van der Waals surface area (Å²) in [6, 6.07) is 15.7. The first kappa shape index (κ1) is 19.9. The molecule has 0 aliphatic rings. The lowest BCUT2D eigenvalue weighted by Gasteiger charge is -2.33. The second kappa shape index (κ2) is 8.34. The van der Waals surface area contributed by atoms with E-state index in [4.69, 9.17) is 5.73 Å². The summed E-state index contributed by atoms with van der Waals surface area (Å²) < 4.78 is 0. The molecule has 5 nitrogen and oxygen atoms in total. The van der Waals surface area contributed by atoms with Gasteiger partial charge in [-0.3, -0.25) is 10.0 Å². The fraction of sp³-hybridized carbons (Fsp3) is 0.381. The first-order chi connectivity index (χ1) is 12.2. The highest BCUT2D eigenvalue weighted by Gasteiger charge is 2.32. The van der Waals surface area contributed by atoms with Gasteiger partial charge in [0, 0.05) is 12.1 Å². The second-order valence-electron chi connectivity index (χ2n) is 7.64. The van der Waals surface area contributed by atoms with Gasteiger partial charge in [0.1, 0.15) is 6.04 Å². The number of hydrogen-bond donors (Lipinski definition) is 3. The first-order valence-corrected chi connectivity index (χ1v) is 8.76. The van der Waals surface area contributed by atoms with Gasteiger partial charge in [0.25, 0.3) is 0 Å². The zero-order valence-corrected chi connectivity index (χ0v) is 15.6. The van der Waals surface area contributed by atoms with Crippen molar-refractivity contribution in [2.75, 3.05) is 12.3 Å². The summed E-state index contributed by atoms with van der Waals surface area (Å²) in [5, 5.41) is 20.8. The van der Waals surface area contributed by atoms with E-state index in [9.17, 15) is 15.1 Å². The van der Waals surface area contributed by atoms with Crippen LogP contribution < -0.4 is 5.73 Å². The normalized spacial score (nSPS) is 13.9. The van der Waals surface area contributed by atoms with Gasteiger partial charge in [0.2, 0.25) is 5.91 Å². The van der Waals surface area contributed by atoms with E-state index in [-0.39, 0.29) is 24.4 Å². The van der Waals surface area contributed by atoms with Crippen molar-refractivity contribution in [2.45, 2.75) is 39.2 Å². The van der Waals surface area contributed by atoms with Gasteiger partial charge < -0.3 is 10.8 Å². The third-order valence-corrected chi connectivity index (χ3v) is 4.65. The summed E-state index contributed by atoms with van der Waals surface area (Å²) in [5.74, 6) is -0.557. The van der Waals surface area contributed by atoms with E-state index in [1.54, 1.807) is 30.3 Å². The molecule has 0 fully saturated rings. The summed E-state index contributed by atoms with van der Waals surface area (Å²) in [6.07, 6.45) is 0.118. The fourth-order valence-electron chi connectivity index (χ4n) is 3.14. The Morgan fingerprint density at radius 2 is 1.69 bits per heavy atom. The molecule has 1 amide bonds. The van der Waals surface area contributed by atoms with Gasteiger partial charge in [-0.05, 0) is 34.6 Å². The Labute approximate surface area is 155 Å². The van der Waals surface area contributed by atoms with E-state index in [0.29, 0.717) is 16.3 Å². The van der Waals surface area contributed by atoms with Gasteiger partial charge in [-0.25, -0.2) is 5.06 Å². The minimum absolute atomic E-state index is 0.118.